The van der Waals surface area contributed by atoms with Crippen LogP contribution < -0.4 is 4.90 Å². The second-order valence-electron chi connectivity index (χ2n) is 5.45. The molecule has 19 heavy (non-hydrogen) atoms. The predicted molar refractivity (Wildman–Crippen MR) is 78.2 cm³/mol. The van der Waals surface area contributed by atoms with Crippen LogP contribution in [0, 0.1) is 0 Å². The highest BCUT2D eigenvalue weighted by Gasteiger charge is 2.43. The number of aliphatic hydroxyl groups is 1. The maximum Gasteiger partial charge on any atom is 0.0880 e. The average Bonchev–Trinajstić information content (AvgIpc) is 2.76. The molecule has 2 nitrogen and oxygen atoms in total. The minimum atomic E-state index is -0.683. The van der Waals surface area contributed by atoms with Crippen LogP contribution in [-0.4, -0.2) is 17.3 Å². The number of para-hydroxylation sites is 1. The van der Waals surface area contributed by atoms with Crippen LogP contribution in [0.25, 0.3) is 0 Å². The number of nitrogens with zero attached hydrogens (tertiary/aromatic N) is 1. The lowest BCUT2D eigenvalue weighted by Gasteiger charge is -2.33. The molecule has 0 amide bonds. The molecule has 0 spiro atoms. The van der Waals surface area contributed by atoms with Crippen LogP contribution >= 0.6 is 0 Å². The molecule has 2 aromatic rings. The molecule has 1 saturated heterocycles. The smallest absolute Gasteiger partial charge is 0.0880 e. The lowest BCUT2D eigenvalue weighted by atomic mass is 9.91. The molecular weight excluding hydrogens is 234 g/mol. The minimum absolute atomic E-state index is 0.0242. The summed E-state index contributed by atoms with van der Waals surface area (Å²) in [5, 5.41) is 10.7. The normalized spacial score (nSPS) is 26.6. The van der Waals surface area contributed by atoms with Crippen molar-refractivity contribution in [3.8, 4) is 0 Å². The van der Waals surface area contributed by atoms with Crippen molar-refractivity contribution in [3.63, 3.8) is 0 Å². The third kappa shape index (κ3) is 2.24. The maximum atomic E-state index is 10.7. The van der Waals surface area contributed by atoms with Crippen LogP contribution in [0.1, 0.15) is 24.9 Å². The van der Waals surface area contributed by atoms with Crippen LogP contribution in [0.5, 0.6) is 0 Å². The monoisotopic (exact) mass is 253 g/mol. The van der Waals surface area contributed by atoms with Crippen LogP contribution in [0.2, 0.25) is 0 Å². The zero-order chi connectivity index (χ0) is 13.3. The fraction of sp³-hybridized carbons (Fsp3) is 0.294. The molecule has 3 rings (SSSR count). The van der Waals surface area contributed by atoms with E-state index in [0.717, 1.165) is 13.0 Å². The van der Waals surface area contributed by atoms with Gasteiger partial charge in [0.2, 0.25) is 0 Å². The average molecular weight is 253 g/mol. The highest BCUT2D eigenvalue weighted by molar-refractivity contribution is 5.51. The number of hydrogen-bond donors (Lipinski definition) is 1. The van der Waals surface area contributed by atoms with Gasteiger partial charge in [0, 0.05) is 12.2 Å². The van der Waals surface area contributed by atoms with Gasteiger partial charge in [-0.25, -0.2) is 0 Å². The Kier molecular flexibility index (Phi) is 3.03. The first kappa shape index (κ1) is 12.2. The molecule has 0 aliphatic carbocycles. The van der Waals surface area contributed by atoms with Crippen molar-refractivity contribution in [2.45, 2.75) is 25.0 Å². The van der Waals surface area contributed by atoms with Gasteiger partial charge in [-0.15, -0.1) is 0 Å². The van der Waals surface area contributed by atoms with Gasteiger partial charge in [-0.1, -0.05) is 48.5 Å². The Balaban J connectivity index is 2.02. The quantitative estimate of drug-likeness (QED) is 0.886. The Labute approximate surface area is 114 Å². The van der Waals surface area contributed by atoms with E-state index < -0.39 is 5.60 Å². The first-order chi connectivity index (χ1) is 9.18. The van der Waals surface area contributed by atoms with Gasteiger partial charge in [0.05, 0.1) is 11.6 Å². The van der Waals surface area contributed by atoms with Gasteiger partial charge < -0.3 is 10.0 Å². The summed E-state index contributed by atoms with van der Waals surface area (Å²) in [5.74, 6) is 0. The molecule has 2 aromatic carbocycles. The first-order valence-electron chi connectivity index (χ1n) is 6.77. The Morgan fingerprint density at radius 1 is 1.00 bits per heavy atom. The zero-order valence-corrected chi connectivity index (χ0v) is 11.2. The van der Waals surface area contributed by atoms with E-state index in [0.29, 0.717) is 0 Å². The van der Waals surface area contributed by atoms with Crippen molar-refractivity contribution < 1.29 is 5.11 Å². The highest BCUT2D eigenvalue weighted by atomic mass is 16.3. The van der Waals surface area contributed by atoms with Crippen LogP contribution in [0.3, 0.4) is 0 Å². The van der Waals surface area contributed by atoms with Gasteiger partial charge >= 0.3 is 0 Å². The highest BCUT2D eigenvalue weighted by Crippen LogP contribution is 2.42. The molecule has 0 aromatic heterocycles. The summed E-state index contributed by atoms with van der Waals surface area (Å²) in [6.45, 7) is 2.82. The number of hydrogen-bond acceptors (Lipinski definition) is 2. The summed E-state index contributed by atoms with van der Waals surface area (Å²) < 4.78 is 0. The molecule has 1 heterocycles. The van der Waals surface area contributed by atoms with E-state index in [1.165, 1.54) is 11.3 Å². The summed E-state index contributed by atoms with van der Waals surface area (Å²) in [4.78, 5) is 2.30. The standard InChI is InChI=1S/C17H19NO/c1-17(19)12-13-18(15-10-6-3-7-11-15)16(17)14-8-4-2-5-9-14/h2-11,16,19H,12-13H2,1H3/t16-,17-/m1/s1. The molecule has 2 heteroatoms. The molecule has 0 saturated carbocycles. The Hall–Kier alpha value is -1.80. The van der Waals surface area contributed by atoms with Crippen molar-refractivity contribution in [2.75, 3.05) is 11.4 Å². The summed E-state index contributed by atoms with van der Waals surface area (Å²) in [7, 11) is 0. The molecule has 98 valence electrons. The van der Waals surface area contributed by atoms with Gasteiger partial charge in [-0.05, 0) is 31.0 Å². The van der Waals surface area contributed by atoms with Gasteiger partial charge in [-0.2, -0.15) is 0 Å². The number of benzene rings is 2. The number of rotatable bonds is 2. The van der Waals surface area contributed by atoms with E-state index in [2.05, 4.69) is 29.2 Å². The van der Waals surface area contributed by atoms with Crippen molar-refractivity contribution in [2.24, 2.45) is 0 Å². The van der Waals surface area contributed by atoms with E-state index >= 15 is 0 Å². The Morgan fingerprint density at radius 2 is 1.58 bits per heavy atom. The van der Waals surface area contributed by atoms with Crippen LogP contribution in [-0.2, 0) is 0 Å². The Bertz CT molecular complexity index is 536. The molecule has 1 aliphatic heterocycles. The largest absolute Gasteiger partial charge is 0.388 e. The maximum absolute atomic E-state index is 10.7. The van der Waals surface area contributed by atoms with Crippen molar-refractivity contribution in [1.82, 2.24) is 0 Å². The lowest BCUT2D eigenvalue weighted by Crippen LogP contribution is -2.34. The summed E-state index contributed by atoms with van der Waals surface area (Å²) in [6, 6.07) is 20.6. The predicted octanol–water partition coefficient (Wildman–Crippen LogP) is 3.39. The van der Waals surface area contributed by atoms with E-state index in [1.54, 1.807) is 0 Å². The molecule has 0 unspecified atom stereocenters. The summed E-state index contributed by atoms with van der Waals surface area (Å²) in [6.07, 6.45) is 0.793. The van der Waals surface area contributed by atoms with E-state index in [1.807, 2.05) is 43.3 Å². The SMILES string of the molecule is C[C@@]1(O)CCN(c2ccccc2)[C@@H]1c1ccccc1. The van der Waals surface area contributed by atoms with E-state index in [-0.39, 0.29) is 6.04 Å². The minimum Gasteiger partial charge on any atom is -0.388 e. The lowest BCUT2D eigenvalue weighted by molar-refractivity contribution is 0.0509. The third-order valence-electron chi connectivity index (χ3n) is 3.96. The van der Waals surface area contributed by atoms with E-state index in [9.17, 15) is 5.11 Å². The molecule has 0 bridgehead atoms. The van der Waals surface area contributed by atoms with Crippen LogP contribution in [0.4, 0.5) is 5.69 Å². The first-order valence-corrected chi connectivity index (χ1v) is 6.77. The molecule has 1 N–H and O–H groups in total. The van der Waals surface area contributed by atoms with Crippen molar-refractivity contribution in [1.29, 1.82) is 0 Å². The number of anilines is 1. The second kappa shape index (κ2) is 4.71. The molecule has 1 fully saturated rings. The fourth-order valence-electron chi connectivity index (χ4n) is 3.02. The third-order valence-corrected chi connectivity index (χ3v) is 3.96. The molecule has 0 radical (unpaired) electrons. The summed E-state index contributed by atoms with van der Waals surface area (Å²) >= 11 is 0. The van der Waals surface area contributed by atoms with Crippen molar-refractivity contribution >= 4 is 5.69 Å². The van der Waals surface area contributed by atoms with Gasteiger partial charge in [0.25, 0.3) is 0 Å². The fourth-order valence-corrected chi connectivity index (χ4v) is 3.02. The topological polar surface area (TPSA) is 23.5 Å². The Morgan fingerprint density at radius 3 is 2.21 bits per heavy atom. The molecule has 1 aliphatic rings. The van der Waals surface area contributed by atoms with Gasteiger partial charge in [0.15, 0.2) is 0 Å². The van der Waals surface area contributed by atoms with E-state index in [4.69, 9.17) is 0 Å². The van der Waals surface area contributed by atoms with Crippen molar-refractivity contribution in [3.05, 3.63) is 66.2 Å². The molecule has 2 atom stereocenters. The van der Waals surface area contributed by atoms with Crippen LogP contribution in [0.15, 0.2) is 60.7 Å². The summed E-state index contributed by atoms with van der Waals surface area (Å²) in [5.41, 5.74) is 1.67. The van der Waals surface area contributed by atoms with Gasteiger partial charge in [-0.3, -0.25) is 0 Å². The zero-order valence-electron chi connectivity index (χ0n) is 11.2. The molecular formula is C17H19NO. The second-order valence-corrected chi connectivity index (χ2v) is 5.45. The van der Waals surface area contributed by atoms with Gasteiger partial charge in [0.1, 0.15) is 0 Å².